The van der Waals surface area contributed by atoms with Gasteiger partial charge in [0.2, 0.25) is 0 Å². The van der Waals surface area contributed by atoms with Crippen molar-refractivity contribution >= 4 is 11.7 Å². The van der Waals surface area contributed by atoms with Crippen LogP contribution in [0.5, 0.6) is 0 Å². The lowest BCUT2D eigenvalue weighted by atomic mass is 10.2. The number of carboxylic acid groups (broad SMARTS) is 1. The van der Waals surface area contributed by atoms with Crippen LogP contribution < -0.4 is 5.32 Å². The minimum Gasteiger partial charge on any atom is -0.478 e. The van der Waals surface area contributed by atoms with Crippen LogP contribution in [0.4, 0.5) is 10.1 Å². The van der Waals surface area contributed by atoms with Crippen LogP contribution in [0, 0.1) is 5.82 Å². The van der Waals surface area contributed by atoms with Crippen LogP contribution in [0.3, 0.4) is 0 Å². The van der Waals surface area contributed by atoms with Gasteiger partial charge in [-0.3, -0.25) is 4.68 Å². The number of nitrogens with one attached hydrogen (secondary N) is 1. The van der Waals surface area contributed by atoms with Crippen molar-refractivity contribution in [3.05, 3.63) is 47.5 Å². The van der Waals surface area contributed by atoms with Gasteiger partial charge in [0.25, 0.3) is 0 Å². The zero-order valence-electron chi connectivity index (χ0n) is 9.72. The molecule has 0 radical (unpaired) electrons. The number of hydrogen-bond donors (Lipinski definition) is 2. The number of carboxylic acids is 1. The number of carbonyl (C=O) groups is 1. The Morgan fingerprint density at radius 2 is 2.28 bits per heavy atom. The molecule has 1 aromatic carbocycles. The fraction of sp³-hybridized carbons (Fsp3) is 0.167. The Morgan fingerprint density at radius 3 is 2.89 bits per heavy atom. The third kappa shape index (κ3) is 2.48. The second kappa shape index (κ2) is 4.87. The van der Waals surface area contributed by atoms with E-state index in [0.717, 1.165) is 11.8 Å². The Bertz CT molecular complexity index is 580. The number of aromatic nitrogens is 2. The molecule has 0 bridgehead atoms. The highest BCUT2D eigenvalue weighted by molar-refractivity contribution is 5.88. The summed E-state index contributed by atoms with van der Waals surface area (Å²) in [5.41, 5.74) is 1.08. The van der Waals surface area contributed by atoms with Crippen LogP contribution in [0.15, 0.2) is 30.5 Å². The smallest absolute Gasteiger partial charge is 0.335 e. The summed E-state index contributed by atoms with van der Waals surface area (Å²) in [6.07, 6.45) is 1.64. The van der Waals surface area contributed by atoms with E-state index in [1.165, 1.54) is 12.1 Å². The Morgan fingerprint density at radius 1 is 1.50 bits per heavy atom. The van der Waals surface area contributed by atoms with Crippen molar-refractivity contribution in [1.29, 1.82) is 0 Å². The Balaban J connectivity index is 2.16. The van der Waals surface area contributed by atoms with Gasteiger partial charge >= 0.3 is 5.97 Å². The van der Waals surface area contributed by atoms with Gasteiger partial charge in [0.05, 0.1) is 23.5 Å². The van der Waals surface area contributed by atoms with Crippen LogP contribution in [-0.2, 0) is 13.6 Å². The first kappa shape index (κ1) is 12.1. The van der Waals surface area contributed by atoms with E-state index in [1.807, 2.05) is 0 Å². The minimum absolute atomic E-state index is 0.0453. The van der Waals surface area contributed by atoms with Crippen LogP contribution in [0.25, 0.3) is 0 Å². The van der Waals surface area contributed by atoms with Gasteiger partial charge in [0.15, 0.2) is 0 Å². The third-order valence-corrected chi connectivity index (χ3v) is 2.60. The molecule has 0 aliphatic heterocycles. The standard InChI is InChI=1S/C12H12FN3O2/c1-16-9(4-5-15-16)7-14-11-6-8(12(17)18)2-3-10(11)13/h2-6,14H,7H2,1H3,(H,17,18). The summed E-state index contributed by atoms with van der Waals surface area (Å²) >= 11 is 0. The molecule has 0 atom stereocenters. The Labute approximate surface area is 103 Å². The van der Waals surface area contributed by atoms with E-state index in [4.69, 9.17) is 5.11 Å². The van der Waals surface area contributed by atoms with Gasteiger partial charge in [-0.15, -0.1) is 0 Å². The molecule has 0 fully saturated rings. The maximum atomic E-state index is 13.5. The molecule has 1 aromatic heterocycles. The molecule has 2 N–H and O–H groups in total. The highest BCUT2D eigenvalue weighted by Crippen LogP contribution is 2.17. The number of nitrogens with zero attached hydrogens (tertiary/aromatic N) is 2. The molecule has 6 heteroatoms. The Hall–Kier alpha value is -2.37. The van der Waals surface area contributed by atoms with E-state index < -0.39 is 11.8 Å². The van der Waals surface area contributed by atoms with Gasteiger partial charge in [0, 0.05) is 13.2 Å². The van der Waals surface area contributed by atoms with Gasteiger partial charge in [0.1, 0.15) is 5.82 Å². The molecule has 0 spiro atoms. The summed E-state index contributed by atoms with van der Waals surface area (Å²) in [5, 5.41) is 15.7. The molecule has 5 nitrogen and oxygen atoms in total. The van der Waals surface area contributed by atoms with Crippen molar-refractivity contribution in [1.82, 2.24) is 9.78 Å². The summed E-state index contributed by atoms with van der Waals surface area (Å²) in [6, 6.07) is 5.43. The van der Waals surface area contributed by atoms with E-state index in [9.17, 15) is 9.18 Å². The lowest BCUT2D eigenvalue weighted by molar-refractivity contribution is 0.0697. The van der Waals surface area contributed by atoms with Gasteiger partial charge < -0.3 is 10.4 Å². The van der Waals surface area contributed by atoms with Crippen LogP contribution in [0.2, 0.25) is 0 Å². The zero-order chi connectivity index (χ0) is 13.1. The van der Waals surface area contributed by atoms with Crippen molar-refractivity contribution in [2.24, 2.45) is 7.05 Å². The quantitative estimate of drug-likeness (QED) is 0.868. The number of aryl methyl sites for hydroxylation is 1. The molecule has 18 heavy (non-hydrogen) atoms. The first-order valence-corrected chi connectivity index (χ1v) is 5.31. The second-order valence-corrected chi connectivity index (χ2v) is 3.80. The van der Waals surface area contributed by atoms with Crippen LogP contribution in [0.1, 0.15) is 16.1 Å². The van der Waals surface area contributed by atoms with Crippen LogP contribution in [-0.4, -0.2) is 20.9 Å². The monoisotopic (exact) mass is 249 g/mol. The molecule has 0 unspecified atom stereocenters. The Kier molecular flexibility index (Phi) is 3.27. The fourth-order valence-electron chi connectivity index (χ4n) is 1.55. The minimum atomic E-state index is -1.08. The van der Waals surface area contributed by atoms with Crippen molar-refractivity contribution in [3.63, 3.8) is 0 Å². The van der Waals surface area contributed by atoms with Gasteiger partial charge in [-0.05, 0) is 24.3 Å². The van der Waals surface area contributed by atoms with Gasteiger partial charge in [-0.2, -0.15) is 5.10 Å². The summed E-state index contributed by atoms with van der Waals surface area (Å²) in [6.45, 7) is 0.372. The van der Waals surface area contributed by atoms with E-state index in [2.05, 4.69) is 10.4 Å². The lowest BCUT2D eigenvalue weighted by Gasteiger charge is -2.08. The summed E-state index contributed by atoms with van der Waals surface area (Å²) in [4.78, 5) is 10.8. The number of anilines is 1. The SMILES string of the molecule is Cn1nccc1CNc1cc(C(=O)O)ccc1F. The van der Waals surface area contributed by atoms with E-state index >= 15 is 0 Å². The average molecular weight is 249 g/mol. The first-order valence-electron chi connectivity index (χ1n) is 5.31. The molecule has 0 saturated carbocycles. The fourth-order valence-corrected chi connectivity index (χ4v) is 1.55. The number of benzene rings is 1. The first-order chi connectivity index (χ1) is 8.58. The maximum absolute atomic E-state index is 13.5. The molecule has 0 saturated heterocycles. The molecule has 2 rings (SSSR count). The maximum Gasteiger partial charge on any atom is 0.335 e. The molecule has 0 aliphatic rings. The third-order valence-electron chi connectivity index (χ3n) is 2.60. The molecular weight excluding hydrogens is 237 g/mol. The lowest BCUT2D eigenvalue weighted by Crippen LogP contribution is -2.07. The molecule has 94 valence electrons. The van der Waals surface area contributed by atoms with E-state index in [1.54, 1.807) is 24.0 Å². The topological polar surface area (TPSA) is 67.2 Å². The number of rotatable bonds is 4. The van der Waals surface area contributed by atoms with E-state index in [-0.39, 0.29) is 11.3 Å². The number of halogens is 1. The van der Waals surface area contributed by atoms with Gasteiger partial charge in [-0.1, -0.05) is 0 Å². The number of aromatic carboxylic acids is 1. The molecule has 1 heterocycles. The van der Waals surface area contributed by atoms with Crippen molar-refractivity contribution in [2.75, 3.05) is 5.32 Å². The average Bonchev–Trinajstić information content (AvgIpc) is 2.73. The molecule has 0 aliphatic carbocycles. The second-order valence-electron chi connectivity index (χ2n) is 3.80. The summed E-state index contributed by atoms with van der Waals surface area (Å²) in [7, 11) is 1.78. The predicted octanol–water partition coefficient (Wildman–Crippen LogP) is 1.87. The molecule has 0 amide bonds. The van der Waals surface area contributed by atoms with Crippen LogP contribution >= 0.6 is 0 Å². The van der Waals surface area contributed by atoms with Crippen molar-refractivity contribution < 1.29 is 14.3 Å². The highest BCUT2D eigenvalue weighted by Gasteiger charge is 2.08. The molecular formula is C12H12FN3O2. The number of hydrogen-bond acceptors (Lipinski definition) is 3. The molecule has 2 aromatic rings. The largest absolute Gasteiger partial charge is 0.478 e. The van der Waals surface area contributed by atoms with Crippen molar-refractivity contribution in [3.8, 4) is 0 Å². The van der Waals surface area contributed by atoms with Gasteiger partial charge in [-0.25, -0.2) is 9.18 Å². The predicted molar refractivity (Wildman–Crippen MR) is 63.9 cm³/mol. The summed E-state index contributed by atoms with van der Waals surface area (Å²) < 4.78 is 15.1. The van der Waals surface area contributed by atoms with Crippen molar-refractivity contribution in [2.45, 2.75) is 6.54 Å². The summed E-state index contributed by atoms with van der Waals surface area (Å²) in [5.74, 6) is -1.57. The highest BCUT2D eigenvalue weighted by atomic mass is 19.1. The normalized spacial score (nSPS) is 10.3. The zero-order valence-corrected chi connectivity index (χ0v) is 9.72. The van der Waals surface area contributed by atoms with E-state index in [0.29, 0.717) is 6.54 Å².